The maximum absolute atomic E-state index is 8.94. The summed E-state index contributed by atoms with van der Waals surface area (Å²) >= 11 is 5.29. The van der Waals surface area contributed by atoms with Crippen LogP contribution in [0.25, 0.3) is 0 Å². The average molecular weight is 185 g/mol. The summed E-state index contributed by atoms with van der Waals surface area (Å²) in [4.78, 5) is 0. The molecule has 12 heavy (non-hydrogen) atoms. The van der Waals surface area contributed by atoms with Gasteiger partial charge in [0.1, 0.15) is 18.1 Å². The maximum atomic E-state index is 8.94. The molecule has 0 fully saturated rings. The van der Waals surface area contributed by atoms with Gasteiger partial charge in [0.2, 0.25) is 0 Å². The number of benzene rings is 1. The highest BCUT2D eigenvalue weighted by atomic mass is 35.5. The first-order valence-electron chi connectivity index (χ1n) is 3.50. The predicted octanol–water partition coefficient (Wildman–Crippen LogP) is 2.52. The van der Waals surface area contributed by atoms with Gasteiger partial charge in [0, 0.05) is 5.54 Å². The number of phenolic OH excluding ortho intramolecular Hbond substituents is 1. The van der Waals surface area contributed by atoms with Crippen molar-refractivity contribution in [2.45, 2.75) is 0 Å². The Morgan fingerprint density at radius 2 is 2.00 bits per heavy atom. The summed E-state index contributed by atoms with van der Waals surface area (Å²) in [6, 6.07) is 6.52. The van der Waals surface area contributed by atoms with Gasteiger partial charge < -0.3 is 9.84 Å². The maximum Gasteiger partial charge on any atom is 0.120 e. The molecule has 0 aliphatic carbocycles. The molecule has 0 bridgehead atoms. The molecule has 0 aliphatic heterocycles. The highest BCUT2D eigenvalue weighted by molar-refractivity contribution is 6.25. The molecule has 0 amide bonds. The molecule has 0 unspecified atom stereocenters. The normalized spacial score (nSPS) is 10.4. The van der Waals surface area contributed by atoms with Crippen molar-refractivity contribution in [1.29, 1.82) is 0 Å². The summed E-state index contributed by atoms with van der Waals surface area (Å²) < 4.78 is 5.22. The van der Waals surface area contributed by atoms with Gasteiger partial charge in [0.05, 0.1) is 0 Å². The van der Waals surface area contributed by atoms with Crippen molar-refractivity contribution in [2.75, 3.05) is 6.61 Å². The molecule has 3 heteroatoms. The second-order valence-corrected chi connectivity index (χ2v) is 2.42. The molecule has 0 heterocycles. The summed E-state index contributed by atoms with van der Waals surface area (Å²) in [5.74, 6) is 0.942. The Bertz CT molecular complexity index is 254. The lowest BCUT2D eigenvalue weighted by Crippen LogP contribution is -1.91. The van der Waals surface area contributed by atoms with Crippen molar-refractivity contribution in [1.82, 2.24) is 0 Å². The lowest BCUT2D eigenvalue weighted by molar-refractivity contribution is 0.362. The Morgan fingerprint density at radius 3 is 2.58 bits per heavy atom. The topological polar surface area (TPSA) is 29.5 Å². The summed E-state index contributed by atoms with van der Waals surface area (Å²) in [7, 11) is 0. The Balaban J connectivity index is 2.47. The van der Waals surface area contributed by atoms with E-state index in [9.17, 15) is 0 Å². The molecule has 64 valence electrons. The van der Waals surface area contributed by atoms with Crippen LogP contribution in [0.1, 0.15) is 0 Å². The van der Waals surface area contributed by atoms with E-state index < -0.39 is 0 Å². The van der Waals surface area contributed by atoms with Crippen molar-refractivity contribution >= 4 is 11.6 Å². The minimum Gasteiger partial charge on any atom is -0.508 e. The molecule has 0 spiro atoms. The van der Waals surface area contributed by atoms with E-state index in [0.717, 1.165) is 0 Å². The largest absolute Gasteiger partial charge is 0.508 e. The van der Waals surface area contributed by atoms with Crippen LogP contribution in [-0.2, 0) is 0 Å². The van der Waals surface area contributed by atoms with Crippen molar-refractivity contribution in [3.8, 4) is 11.5 Å². The average Bonchev–Trinajstić information content (AvgIpc) is 2.09. The minimum absolute atomic E-state index is 0.232. The van der Waals surface area contributed by atoms with Gasteiger partial charge in [-0.2, -0.15) is 0 Å². The smallest absolute Gasteiger partial charge is 0.120 e. The van der Waals surface area contributed by atoms with Gasteiger partial charge in [0.25, 0.3) is 0 Å². The third kappa shape index (κ3) is 2.84. The number of hydrogen-bond acceptors (Lipinski definition) is 2. The fraction of sp³-hybridized carbons (Fsp3) is 0.111. The zero-order valence-corrected chi connectivity index (χ0v) is 7.16. The van der Waals surface area contributed by atoms with Crippen LogP contribution in [0.5, 0.6) is 11.5 Å². The summed E-state index contributed by atoms with van der Waals surface area (Å²) in [5.41, 5.74) is 1.40. The monoisotopic (exact) mass is 184 g/mol. The molecule has 0 aliphatic rings. The van der Waals surface area contributed by atoms with E-state index in [-0.39, 0.29) is 5.75 Å². The zero-order valence-electron chi connectivity index (χ0n) is 6.40. The number of ether oxygens (including phenoxy) is 1. The Morgan fingerprint density at radius 1 is 1.33 bits per heavy atom. The van der Waals surface area contributed by atoms with Crippen LogP contribution in [-0.4, -0.2) is 11.7 Å². The van der Waals surface area contributed by atoms with Crippen LogP contribution in [0.15, 0.2) is 35.9 Å². The van der Waals surface area contributed by atoms with Crippen LogP contribution in [0, 0.1) is 0 Å². The van der Waals surface area contributed by atoms with Crippen molar-refractivity contribution in [3.63, 3.8) is 0 Å². The number of aromatic hydroxyl groups is 1. The van der Waals surface area contributed by atoms with E-state index in [1.807, 2.05) is 0 Å². The van der Waals surface area contributed by atoms with Gasteiger partial charge in [-0.1, -0.05) is 11.6 Å². The summed E-state index contributed by atoms with van der Waals surface area (Å²) in [6.07, 6.45) is 1.69. The van der Waals surface area contributed by atoms with Crippen molar-refractivity contribution < 1.29 is 9.84 Å². The number of rotatable bonds is 3. The fourth-order valence-corrected chi connectivity index (χ4v) is 0.796. The summed E-state index contributed by atoms with van der Waals surface area (Å²) in [5, 5.41) is 8.94. The van der Waals surface area contributed by atoms with E-state index in [1.54, 1.807) is 30.3 Å². The summed E-state index contributed by atoms with van der Waals surface area (Å²) in [6.45, 7) is 0.439. The molecule has 0 saturated carbocycles. The first-order valence-corrected chi connectivity index (χ1v) is 3.93. The second kappa shape index (κ2) is 4.67. The van der Waals surface area contributed by atoms with E-state index in [1.165, 1.54) is 5.54 Å². The molecule has 0 aromatic heterocycles. The molecule has 0 radical (unpaired) electrons. The standard InChI is InChI=1S/C9H9ClO2/c10-6-1-7-12-9-4-2-8(11)3-5-9/h1-6,11H,7H2/b6-1+. The van der Waals surface area contributed by atoms with Crippen molar-refractivity contribution in [2.24, 2.45) is 0 Å². The zero-order chi connectivity index (χ0) is 8.81. The molecule has 1 rings (SSSR count). The molecule has 1 aromatic carbocycles. The van der Waals surface area contributed by atoms with E-state index in [2.05, 4.69) is 0 Å². The van der Waals surface area contributed by atoms with Crippen LogP contribution < -0.4 is 4.74 Å². The predicted molar refractivity (Wildman–Crippen MR) is 48.6 cm³/mol. The number of halogens is 1. The molecule has 1 N–H and O–H groups in total. The highest BCUT2D eigenvalue weighted by Crippen LogP contribution is 2.15. The number of phenols is 1. The molecular weight excluding hydrogens is 176 g/mol. The first-order chi connectivity index (χ1) is 5.83. The van der Waals surface area contributed by atoms with E-state index >= 15 is 0 Å². The molecule has 2 nitrogen and oxygen atoms in total. The molecule has 0 saturated heterocycles. The van der Waals surface area contributed by atoms with E-state index in [0.29, 0.717) is 12.4 Å². The third-order valence-electron chi connectivity index (χ3n) is 1.27. The second-order valence-electron chi connectivity index (χ2n) is 2.17. The van der Waals surface area contributed by atoms with Gasteiger partial charge in [-0.3, -0.25) is 0 Å². The lowest BCUT2D eigenvalue weighted by Gasteiger charge is -2.01. The van der Waals surface area contributed by atoms with Gasteiger partial charge in [-0.15, -0.1) is 0 Å². The Kier molecular flexibility index (Phi) is 3.48. The van der Waals surface area contributed by atoms with Gasteiger partial charge in [0.15, 0.2) is 0 Å². The number of hydrogen-bond donors (Lipinski definition) is 1. The third-order valence-corrected chi connectivity index (χ3v) is 1.45. The minimum atomic E-state index is 0.232. The van der Waals surface area contributed by atoms with E-state index in [4.69, 9.17) is 21.4 Å². The SMILES string of the molecule is Oc1ccc(OC/C=C/Cl)cc1. The van der Waals surface area contributed by atoms with Crippen LogP contribution in [0.2, 0.25) is 0 Å². The quantitative estimate of drug-likeness (QED) is 0.782. The molecule has 0 atom stereocenters. The molecular formula is C9H9ClO2. The van der Waals surface area contributed by atoms with Crippen molar-refractivity contribution in [3.05, 3.63) is 35.9 Å². The van der Waals surface area contributed by atoms with Gasteiger partial charge >= 0.3 is 0 Å². The van der Waals surface area contributed by atoms with Crippen LogP contribution in [0.3, 0.4) is 0 Å². The molecule has 1 aromatic rings. The van der Waals surface area contributed by atoms with Crippen LogP contribution >= 0.6 is 11.6 Å². The first kappa shape index (κ1) is 8.94. The fourth-order valence-electron chi connectivity index (χ4n) is 0.723. The Hall–Kier alpha value is -1.15. The lowest BCUT2D eigenvalue weighted by atomic mass is 10.3. The Labute approximate surface area is 76.0 Å². The highest BCUT2D eigenvalue weighted by Gasteiger charge is 1.90. The van der Waals surface area contributed by atoms with Gasteiger partial charge in [-0.05, 0) is 30.3 Å². The van der Waals surface area contributed by atoms with Gasteiger partial charge in [-0.25, -0.2) is 0 Å². The van der Waals surface area contributed by atoms with Crippen LogP contribution in [0.4, 0.5) is 0 Å².